The number of hydrogen-bond acceptors (Lipinski definition) is 5. The van der Waals surface area contributed by atoms with Crippen LogP contribution in [0.4, 0.5) is 0 Å². The molecule has 0 aromatic heterocycles. The maximum absolute atomic E-state index is 11.7. The summed E-state index contributed by atoms with van der Waals surface area (Å²) < 4.78 is 0. The molecule has 0 aliphatic carbocycles. The van der Waals surface area contributed by atoms with Gasteiger partial charge in [0.15, 0.2) is 5.17 Å². The molecular formula is C13H11N3O2S. The maximum Gasteiger partial charge on any atom is 0.264 e. The fourth-order valence-corrected chi connectivity index (χ4v) is 2.30. The molecule has 5 nitrogen and oxygen atoms in total. The summed E-state index contributed by atoms with van der Waals surface area (Å²) in [5.41, 5.74) is 1.43. The van der Waals surface area contributed by atoms with E-state index in [4.69, 9.17) is 10.4 Å². The highest BCUT2D eigenvalue weighted by Gasteiger charge is 2.23. The molecule has 0 radical (unpaired) electrons. The quantitative estimate of drug-likeness (QED) is 0.808. The van der Waals surface area contributed by atoms with Crippen molar-refractivity contribution in [2.24, 2.45) is 4.99 Å². The molecule has 1 amide bonds. The third kappa shape index (κ3) is 3.44. The highest BCUT2D eigenvalue weighted by molar-refractivity contribution is 8.18. The van der Waals surface area contributed by atoms with Gasteiger partial charge in [-0.25, -0.2) is 0 Å². The van der Waals surface area contributed by atoms with Crippen LogP contribution in [0.5, 0.6) is 0 Å². The van der Waals surface area contributed by atoms with Crippen LogP contribution in [-0.2, 0) is 4.79 Å². The number of aliphatic hydroxyl groups excluding tert-OH is 1. The summed E-state index contributed by atoms with van der Waals surface area (Å²) in [5, 5.41) is 20.5. The number of amides is 1. The third-order valence-corrected chi connectivity index (χ3v) is 3.29. The van der Waals surface area contributed by atoms with Gasteiger partial charge in [0.05, 0.1) is 29.7 Å². The monoisotopic (exact) mass is 273 g/mol. The molecule has 1 aromatic carbocycles. The number of carbonyl (C=O) groups excluding carboxylic acids is 1. The SMILES string of the molecule is N#Cc1ccc(/C=C2\SC(=NCCO)NC2=O)cc1. The minimum Gasteiger partial charge on any atom is -0.394 e. The summed E-state index contributed by atoms with van der Waals surface area (Å²) >= 11 is 1.24. The predicted octanol–water partition coefficient (Wildman–Crippen LogP) is 1.11. The van der Waals surface area contributed by atoms with Gasteiger partial charge in [0.2, 0.25) is 0 Å². The van der Waals surface area contributed by atoms with Gasteiger partial charge < -0.3 is 10.4 Å². The Kier molecular flexibility index (Phi) is 4.34. The molecule has 0 saturated carbocycles. The van der Waals surface area contributed by atoms with Crippen LogP contribution in [0.15, 0.2) is 34.2 Å². The zero-order valence-electron chi connectivity index (χ0n) is 9.96. The second kappa shape index (κ2) is 6.18. The van der Waals surface area contributed by atoms with E-state index in [-0.39, 0.29) is 19.1 Å². The molecule has 0 spiro atoms. The van der Waals surface area contributed by atoms with E-state index >= 15 is 0 Å². The zero-order valence-corrected chi connectivity index (χ0v) is 10.8. The largest absolute Gasteiger partial charge is 0.394 e. The molecule has 1 heterocycles. The number of amidine groups is 1. The lowest BCUT2D eigenvalue weighted by Gasteiger charge is -1.95. The second-order valence-electron chi connectivity index (χ2n) is 3.71. The van der Waals surface area contributed by atoms with Crippen LogP contribution in [-0.4, -0.2) is 29.3 Å². The van der Waals surface area contributed by atoms with Gasteiger partial charge in [0.25, 0.3) is 5.91 Å². The van der Waals surface area contributed by atoms with E-state index in [1.165, 1.54) is 11.8 Å². The highest BCUT2D eigenvalue weighted by Crippen LogP contribution is 2.25. The second-order valence-corrected chi connectivity index (χ2v) is 4.74. The van der Waals surface area contributed by atoms with Crippen LogP contribution in [0.25, 0.3) is 6.08 Å². The Morgan fingerprint density at radius 3 is 2.79 bits per heavy atom. The molecule has 6 heteroatoms. The number of nitriles is 1. The van der Waals surface area contributed by atoms with Crippen LogP contribution < -0.4 is 5.32 Å². The smallest absolute Gasteiger partial charge is 0.264 e. The van der Waals surface area contributed by atoms with Crippen molar-refractivity contribution in [3.05, 3.63) is 40.3 Å². The number of nitrogens with one attached hydrogen (secondary N) is 1. The van der Waals surface area contributed by atoms with E-state index in [1.54, 1.807) is 30.3 Å². The van der Waals surface area contributed by atoms with Crippen molar-refractivity contribution in [1.82, 2.24) is 5.32 Å². The Bertz CT molecular complexity index is 585. The molecule has 2 rings (SSSR count). The van der Waals surface area contributed by atoms with Gasteiger partial charge in [-0.1, -0.05) is 12.1 Å². The molecule has 19 heavy (non-hydrogen) atoms. The van der Waals surface area contributed by atoms with Crippen molar-refractivity contribution >= 4 is 28.9 Å². The summed E-state index contributed by atoms with van der Waals surface area (Å²) in [7, 11) is 0. The number of rotatable bonds is 3. The first-order chi connectivity index (χ1) is 9.22. The van der Waals surface area contributed by atoms with Gasteiger partial charge in [-0.3, -0.25) is 9.79 Å². The molecule has 1 aliphatic heterocycles. The normalized spacial score (nSPS) is 18.6. The molecule has 0 unspecified atom stereocenters. The van der Waals surface area contributed by atoms with Crippen LogP contribution in [0.2, 0.25) is 0 Å². The molecule has 1 saturated heterocycles. The van der Waals surface area contributed by atoms with E-state index in [9.17, 15) is 4.79 Å². The van der Waals surface area contributed by atoms with Crippen molar-refractivity contribution in [1.29, 1.82) is 5.26 Å². The molecule has 0 atom stereocenters. The molecule has 1 aliphatic rings. The Morgan fingerprint density at radius 2 is 2.16 bits per heavy atom. The average Bonchev–Trinajstić information content (AvgIpc) is 2.78. The zero-order chi connectivity index (χ0) is 13.7. The van der Waals surface area contributed by atoms with Gasteiger partial charge in [0.1, 0.15) is 0 Å². The lowest BCUT2D eigenvalue weighted by atomic mass is 10.1. The number of hydrogen-bond donors (Lipinski definition) is 2. The van der Waals surface area contributed by atoms with Crippen LogP contribution >= 0.6 is 11.8 Å². The van der Waals surface area contributed by atoms with Crippen LogP contribution in [0, 0.1) is 11.3 Å². The average molecular weight is 273 g/mol. The van der Waals surface area contributed by atoms with E-state index in [2.05, 4.69) is 10.3 Å². The first-order valence-electron chi connectivity index (χ1n) is 5.59. The Balaban J connectivity index is 2.15. The number of nitrogens with zero attached hydrogens (tertiary/aromatic N) is 2. The summed E-state index contributed by atoms with van der Waals surface area (Å²) in [6.45, 7) is 0.224. The van der Waals surface area contributed by atoms with E-state index in [0.717, 1.165) is 5.56 Å². The Hall–Kier alpha value is -2.10. The molecule has 2 N–H and O–H groups in total. The molecule has 96 valence electrons. The van der Waals surface area contributed by atoms with Gasteiger partial charge in [-0.15, -0.1) is 0 Å². The minimum absolute atomic E-state index is 0.0470. The number of carbonyl (C=O) groups is 1. The van der Waals surface area contributed by atoms with Gasteiger partial charge in [-0.05, 0) is 35.5 Å². The van der Waals surface area contributed by atoms with Crippen LogP contribution in [0.3, 0.4) is 0 Å². The molecule has 1 aromatic rings. The summed E-state index contributed by atoms with van der Waals surface area (Å²) in [4.78, 5) is 16.2. The first kappa shape index (κ1) is 13.3. The van der Waals surface area contributed by atoms with Crippen molar-refractivity contribution in [3.63, 3.8) is 0 Å². The van der Waals surface area contributed by atoms with Crippen molar-refractivity contribution < 1.29 is 9.90 Å². The van der Waals surface area contributed by atoms with Crippen molar-refractivity contribution in [2.45, 2.75) is 0 Å². The van der Waals surface area contributed by atoms with Crippen molar-refractivity contribution in [2.75, 3.05) is 13.2 Å². The fraction of sp³-hybridized carbons (Fsp3) is 0.154. The Morgan fingerprint density at radius 1 is 1.42 bits per heavy atom. The number of thioether (sulfide) groups is 1. The molecular weight excluding hydrogens is 262 g/mol. The first-order valence-corrected chi connectivity index (χ1v) is 6.41. The van der Waals surface area contributed by atoms with E-state index < -0.39 is 0 Å². The highest BCUT2D eigenvalue weighted by atomic mass is 32.2. The standard InChI is InChI=1S/C13H11N3O2S/c14-8-10-3-1-9(2-4-10)7-11-12(18)16-13(19-11)15-5-6-17/h1-4,7,17H,5-6H2,(H,15,16,18)/b11-7-. The van der Waals surface area contributed by atoms with Crippen LogP contribution in [0.1, 0.15) is 11.1 Å². The van der Waals surface area contributed by atoms with E-state index in [1.807, 2.05) is 6.07 Å². The van der Waals surface area contributed by atoms with Gasteiger partial charge >= 0.3 is 0 Å². The topological polar surface area (TPSA) is 85.5 Å². The maximum atomic E-state index is 11.7. The number of aliphatic imine (C=N–C) groups is 1. The lowest BCUT2D eigenvalue weighted by molar-refractivity contribution is -0.115. The minimum atomic E-state index is -0.203. The van der Waals surface area contributed by atoms with E-state index in [0.29, 0.717) is 15.6 Å². The molecule has 1 fully saturated rings. The third-order valence-electron chi connectivity index (χ3n) is 2.34. The number of benzene rings is 1. The van der Waals surface area contributed by atoms with Gasteiger partial charge in [0, 0.05) is 0 Å². The predicted molar refractivity (Wildman–Crippen MR) is 74.3 cm³/mol. The lowest BCUT2D eigenvalue weighted by Crippen LogP contribution is -2.20. The van der Waals surface area contributed by atoms with Crippen molar-refractivity contribution in [3.8, 4) is 6.07 Å². The summed E-state index contributed by atoms with van der Waals surface area (Å²) in [6.07, 6.45) is 1.74. The Labute approximate surface area is 114 Å². The number of aliphatic hydroxyl groups is 1. The molecule has 0 bridgehead atoms. The van der Waals surface area contributed by atoms with Gasteiger partial charge in [-0.2, -0.15) is 5.26 Å². The summed E-state index contributed by atoms with van der Waals surface area (Å²) in [5.74, 6) is -0.203. The summed E-state index contributed by atoms with van der Waals surface area (Å²) in [6, 6.07) is 9.00. The fourth-order valence-electron chi connectivity index (χ4n) is 1.46.